The van der Waals surface area contributed by atoms with E-state index in [0.29, 0.717) is 31.3 Å². The van der Waals surface area contributed by atoms with Crippen LogP contribution in [-0.4, -0.2) is 27.2 Å². The first kappa shape index (κ1) is 19.0. The van der Waals surface area contributed by atoms with Crippen LogP contribution in [0.4, 0.5) is 0 Å². The van der Waals surface area contributed by atoms with Gasteiger partial charge in [0, 0.05) is 18.4 Å². The zero-order valence-electron chi connectivity index (χ0n) is 16.0. The van der Waals surface area contributed by atoms with Crippen molar-refractivity contribution in [3.05, 3.63) is 23.0 Å². The van der Waals surface area contributed by atoms with Crippen molar-refractivity contribution < 1.29 is 18.8 Å². The summed E-state index contributed by atoms with van der Waals surface area (Å²) in [5.74, 6) is 0.694. The van der Waals surface area contributed by atoms with Crippen LogP contribution in [0, 0.1) is 5.41 Å². The van der Waals surface area contributed by atoms with Crippen LogP contribution in [0.25, 0.3) is 0 Å². The van der Waals surface area contributed by atoms with Gasteiger partial charge in [0.25, 0.3) is 0 Å². The second-order valence-electron chi connectivity index (χ2n) is 8.62. The van der Waals surface area contributed by atoms with Crippen LogP contribution in [0.1, 0.15) is 53.4 Å². The fraction of sp³-hybridized carbons (Fsp3) is 0.684. The Bertz CT molecular complexity index is 622. The van der Waals surface area contributed by atoms with Gasteiger partial charge in [-0.25, -0.2) is 4.79 Å². The normalized spacial score (nSPS) is 25.1. The zero-order valence-corrected chi connectivity index (χ0v) is 17.0. The van der Waals surface area contributed by atoms with Gasteiger partial charge in [0.05, 0.1) is 18.3 Å². The SMILES string of the molecule is COC(=O)C1=C2CCC(=O)[C@@]2(C)CC=C(O[Si](C)(C)C(C)(C)C)C1. The highest BCUT2D eigenvalue weighted by atomic mass is 28.4. The number of carbonyl (C=O) groups is 2. The Morgan fingerprint density at radius 3 is 2.42 bits per heavy atom. The Morgan fingerprint density at radius 2 is 1.88 bits per heavy atom. The molecule has 2 aliphatic rings. The summed E-state index contributed by atoms with van der Waals surface area (Å²) in [7, 11) is -0.599. The molecule has 5 heteroatoms. The minimum Gasteiger partial charge on any atom is -0.546 e. The third kappa shape index (κ3) is 3.23. The first-order valence-electron chi connectivity index (χ1n) is 8.64. The summed E-state index contributed by atoms with van der Waals surface area (Å²) in [6.45, 7) is 12.9. The number of Topliss-reactive ketones (excluding diaryl/α,β-unsaturated/α-hetero) is 1. The van der Waals surface area contributed by atoms with E-state index in [9.17, 15) is 9.59 Å². The minimum atomic E-state index is -1.99. The van der Waals surface area contributed by atoms with Gasteiger partial charge in [-0.1, -0.05) is 20.8 Å². The molecule has 1 fully saturated rings. The molecule has 0 aromatic rings. The topological polar surface area (TPSA) is 52.6 Å². The lowest BCUT2D eigenvalue weighted by Crippen LogP contribution is -2.40. The Balaban J connectivity index is 2.42. The smallest absolute Gasteiger partial charge is 0.334 e. The van der Waals surface area contributed by atoms with E-state index in [1.165, 1.54) is 7.11 Å². The Morgan fingerprint density at radius 1 is 1.25 bits per heavy atom. The molecule has 1 saturated carbocycles. The fourth-order valence-electron chi connectivity index (χ4n) is 3.23. The number of rotatable bonds is 3. The van der Waals surface area contributed by atoms with Crippen LogP contribution in [0.15, 0.2) is 23.0 Å². The fourth-order valence-corrected chi connectivity index (χ4v) is 4.34. The maximum atomic E-state index is 12.4. The lowest BCUT2D eigenvalue weighted by atomic mass is 9.79. The molecule has 0 saturated heterocycles. The van der Waals surface area contributed by atoms with Gasteiger partial charge < -0.3 is 9.16 Å². The lowest BCUT2D eigenvalue weighted by molar-refractivity contribution is -0.136. The molecule has 0 heterocycles. The molecular weight excluding hydrogens is 320 g/mol. The summed E-state index contributed by atoms with van der Waals surface area (Å²) in [6.07, 6.45) is 4.22. The van der Waals surface area contributed by atoms with Crippen molar-refractivity contribution in [2.75, 3.05) is 7.11 Å². The summed E-state index contributed by atoms with van der Waals surface area (Å²) in [5, 5.41) is 0.0777. The molecule has 24 heavy (non-hydrogen) atoms. The number of fused-ring (bicyclic) bond motifs is 1. The van der Waals surface area contributed by atoms with Crippen LogP contribution in [0.2, 0.25) is 18.1 Å². The second-order valence-corrected chi connectivity index (χ2v) is 13.3. The van der Waals surface area contributed by atoms with E-state index in [2.05, 4.69) is 33.9 Å². The van der Waals surface area contributed by atoms with Crippen molar-refractivity contribution in [2.24, 2.45) is 5.41 Å². The molecule has 0 bridgehead atoms. The average molecular weight is 351 g/mol. The molecule has 2 aliphatic carbocycles. The third-order valence-corrected chi connectivity index (χ3v) is 10.3. The highest BCUT2D eigenvalue weighted by molar-refractivity contribution is 6.74. The first-order valence-corrected chi connectivity index (χ1v) is 11.6. The molecule has 0 N–H and O–H groups in total. The number of allylic oxidation sites excluding steroid dienone is 3. The number of ketones is 1. The summed E-state index contributed by atoms with van der Waals surface area (Å²) in [5.41, 5.74) is 0.986. The van der Waals surface area contributed by atoms with Crippen molar-refractivity contribution in [2.45, 2.75) is 71.5 Å². The van der Waals surface area contributed by atoms with Crippen LogP contribution >= 0.6 is 0 Å². The Labute approximate surface area is 146 Å². The molecule has 2 rings (SSSR count). The molecule has 0 aliphatic heterocycles. The van der Waals surface area contributed by atoms with Crippen LogP contribution < -0.4 is 0 Å². The Hall–Kier alpha value is -1.36. The largest absolute Gasteiger partial charge is 0.546 e. The summed E-state index contributed by atoms with van der Waals surface area (Å²) >= 11 is 0. The zero-order chi connectivity index (χ0) is 18.3. The lowest BCUT2D eigenvalue weighted by Gasteiger charge is -2.37. The molecule has 134 valence electrons. The van der Waals surface area contributed by atoms with Crippen LogP contribution in [0.5, 0.6) is 0 Å². The van der Waals surface area contributed by atoms with Gasteiger partial charge in [-0.2, -0.15) is 0 Å². The van der Waals surface area contributed by atoms with Crippen molar-refractivity contribution in [1.29, 1.82) is 0 Å². The summed E-state index contributed by atoms with van der Waals surface area (Å²) in [6, 6.07) is 0. The molecule has 0 amide bonds. The highest BCUT2D eigenvalue weighted by Crippen LogP contribution is 2.48. The van der Waals surface area contributed by atoms with E-state index in [-0.39, 0.29) is 16.8 Å². The van der Waals surface area contributed by atoms with Crippen molar-refractivity contribution in [1.82, 2.24) is 0 Å². The van der Waals surface area contributed by atoms with E-state index in [1.54, 1.807) is 0 Å². The van der Waals surface area contributed by atoms with Gasteiger partial charge in [0.15, 0.2) is 0 Å². The average Bonchev–Trinajstić information content (AvgIpc) is 2.67. The predicted octanol–water partition coefficient (Wildman–Crippen LogP) is 4.52. The highest BCUT2D eigenvalue weighted by Gasteiger charge is 2.46. The monoisotopic (exact) mass is 350 g/mol. The number of hydrogen-bond acceptors (Lipinski definition) is 4. The van der Waals surface area contributed by atoms with Crippen LogP contribution in [-0.2, 0) is 18.8 Å². The van der Waals surface area contributed by atoms with Gasteiger partial charge >= 0.3 is 5.97 Å². The predicted molar refractivity (Wildman–Crippen MR) is 97.0 cm³/mol. The molecule has 0 aromatic heterocycles. The Kier molecular flexibility index (Phi) is 4.88. The van der Waals surface area contributed by atoms with E-state index >= 15 is 0 Å². The second kappa shape index (κ2) is 6.17. The van der Waals surface area contributed by atoms with Crippen molar-refractivity contribution in [3.63, 3.8) is 0 Å². The van der Waals surface area contributed by atoms with Gasteiger partial charge in [-0.05, 0) is 49.5 Å². The van der Waals surface area contributed by atoms with Crippen LogP contribution in [0.3, 0.4) is 0 Å². The molecule has 1 atom stereocenters. The number of ether oxygens (including phenoxy) is 1. The van der Waals surface area contributed by atoms with Gasteiger partial charge in [-0.15, -0.1) is 0 Å². The van der Waals surface area contributed by atoms with E-state index < -0.39 is 13.7 Å². The summed E-state index contributed by atoms with van der Waals surface area (Å²) in [4.78, 5) is 24.8. The van der Waals surface area contributed by atoms with Crippen molar-refractivity contribution in [3.8, 4) is 0 Å². The molecular formula is C19H30O4Si. The number of carbonyl (C=O) groups excluding carboxylic acids is 2. The van der Waals surface area contributed by atoms with Gasteiger partial charge in [0.1, 0.15) is 5.78 Å². The number of esters is 1. The summed E-state index contributed by atoms with van der Waals surface area (Å²) < 4.78 is 11.4. The minimum absolute atomic E-state index is 0.0777. The quantitative estimate of drug-likeness (QED) is 0.554. The maximum absolute atomic E-state index is 12.4. The van der Waals surface area contributed by atoms with Gasteiger partial charge in [0.2, 0.25) is 8.32 Å². The number of methoxy groups -OCH3 is 1. The molecule has 4 nitrogen and oxygen atoms in total. The molecule has 0 spiro atoms. The molecule has 0 unspecified atom stereocenters. The van der Waals surface area contributed by atoms with Crippen molar-refractivity contribution >= 4 is 20.1 Å². The molecule has 0 radical (unpaired) electrons. The van der Waals surface area contributed by atoms with E-state index in [1.807, 2.05) is 13.0 Å². The molecule has 0 aromatic carbocycles. The van der Waals surface area contributed by atoms with E-state index in [4.69, 9.17) is 9.16 Å². The third-order valence-electron chi connectivity index (χ3n) is 5.96. The standard InChI is InChI=1S/C19H30O4Si/c1-18(2,3)24(6,7)23-13-10-11-19(4)15(8-9-16(19)20)14(12-13)17(21)22-5/h10H,8-9,11-12H2,1-7H3/t19-/m0/s1. The first-order chi connectivity index (χ1) is 10.9. The number of hydrogen-bond donors (Lipinski definition) is 0. The maximum Gasteiger partial charge on any atom is 0.334 e. The van der Waals surface area contributed by atoms with E-state index in [0.717, 1.165) is 11.3 Å². The van der Waals surface area contributed by atoms with Gasteiger partial charge in [-0.3, -0.25) is 4.79 Å².